The molecule has 0 bridgehead atoms. The van der Waals surface area contributed by atoms with Gasteiger partial charge in [0.05, 0.1) is 20.3 Å². The maximum absolute atomic E-state index is 12.6. The Kier molecular flexibility index (Phi) is 5.19. The highest BCUT2D eigenvalue weighted by atomic mass is 16.5. The lowest BCUT2D eigenvalue weighted by Gasteiger charge is -2.35. The molecule has 0 aromatic carbocycles. The van der Waals surface area contributed by atoms with Crippen molar-refractivity contribution in [2.45, 2.75) is 44.6 Å². The van der Waals surface area contributed by atoms with Crippen LogP contribution in [0.4, 0.5) is 0 Å². The first-order valence-corrected chi connectivity index (χ1v) is 7.20. The molecule has 1 amide bonds. The van der Waals surface area contributed by atoms with Crippen LogP contribution in [-0.2, 0) is 19.1 Å². The van der Waals surface area contributed by atoms with Gasteiger partial charge in [-0.05, 0) is 12.8 Å². The minimum atomic E-state index is -0.561. The van der Waals surface area contributed by atoms with Gasteiger partial charge in [-0.3, -0.25) is 4.79 Å². The zero-order valence-corrected chi connectivity index (χ0v) is 11.6. The second-order valence-corrected chi connectivity index (χ2v) is 5.33. The van der Waals surface area contributed by atoms with Crippen LogP contribution in [0.3, 0.4) is 0 Å². The quantitative estimate of drug-likeness (QED) is 0.561. The van der Waals surface area contributed by atoms with E-state index in [2.05, 4.69) is 0 Å². The molecule has 5 heteroatoms. The number of carbonyl (C=O) groups is 2. The van der Waals surface area contributed by atoms with E-state index in [0.29, 0.717) is 13.2 Å². The van der Waals surface area contributed by atoms with Crippen molar-refractivity contribution in [3.05, 3.63) is 0 Å². The Morgan fingerprint density at radius 1 is 1.16 bits per heavy atom. The third-order valence-corrected chi connectivity index (χ3v) is 4.09. The minimum absolute atomic E-state index is 0.0766. The van der Waals surface area contributed by atoms with Crippen LogP contribution < -0.4 is 0 Å². The molecule has 2 fully saturated rings. The van der Waals surface area contributed by atoms with Crippen LogP contribution in [0.2, 0.25) is 0 Å². The lowest BCUT2D eigenvalue weighted by Crippen LogP contribution is -2.54. The van der Waals surface area contributed by atoms with Crippen LogP contribution >= 0.6 is 0 Å². The fourth-order valence-electron chi connectivity index (χ4n) is 2.96. The smallest absolute Gasteiger partial charge is 0.331 e. The largest absolute Gasteiger partial charge is 0.467 e. The molecule has 19 heavy (non-hydrogen) atoms. The van der Waals surface area contributed by atoms with Crippen molar-refractivity contribution in [2.75, 3.05) is 26.9 Å². The third-order valence-electron chi connectivity index (χ3n) is 4.09. The molecule has 0 spiro atoms. The summed E-state index contributed by atoms with van der Waals surface area (Å²) >= 11 is 0. The number of hydrogen-bond acceptors (Lipinski definition) is 4. The number of ether oxygens (including phenoxy) is 2. The van der Waals surface area contributed by atoms with Crippen LogP contribution in [0.5, 0.6) is 0 Å². The van der Waals surface area contributed by atoms with Crippen molar-refractivity contribution in [1.82, 2.24) is 4.90 Å². The van der Waals surface area contributed by atoms with Gasteiger partial charge in [0.25, 0.3) is 0 Å². The summed E-state index contributed by atoms with van der Waals surface area (Å²) in [5.41, 5.74) is 0. The van der Waals surface area contributed by atoms with E-state index in [0.717, 1.165) is 25.7 Å². The normalized spacial score (nSPS) is 25.7. The molecule has 1 aliphatic heterocycles. The van der Waals surface area contributed by atoms with Crippen molar-refractivity contribution in [3.8, 4) is 0 Å². The monoisotopic (exact) mass is 269 g/mol. The number of nitrogens with zero attached hydrogens (tertiary/aromatic N) is 1. The second kappa shape index (κ2) is 6.89. The van der Waals surface area contributed by atoms with E-state index in [1.807, 2.05) is 0 Å². The summed E-state index contributed by atoms with van der Waals surface area (Å²) < 4.78 is 10.1. The molecule has 108 valence electrons. The summed E-state index contributed by atoms with van der Waals surface area (Å²) in [6.07, 6.45) is 6.56. The number of methoxy groups -OCH3 is 1. The fourth-order valence-corrected chi connectivity index (χ4v) is 2.96. The topological polar surface area (TPSA) is 55.8 Å². The lowest BCUT2D eigenvalue weighted by molar-refractivity contribution is -0.162. The average Bonchev–Trinajstić information content (AvgIpc) is 2.74. The number of morpholine rings is 1. The molecule has 0 aromatic rings. The first-order valence-electron chi connectivity index (χ1n) is 7.20. The number of amides is 1. The predicted molar refractivity (Wildman–Crippen MR) is 69.5 cm³/mol. The Hall–Kier alpha value is -1.10. The Morgan fingerprint density at radius 2 is 1.84 bits per heavy atom. The summed E-state index contributed by atoms with van der Waals surface area (Å²) in [7, 11) is 1.35. The van der Waals surface area contributed by atoms with Crippen molar-refractivity contribution in [2.24, 2.45) is 5.92 Å². The van der Waals surface area contributed by atoms with Crippen molar-refractivity contribution in [1.29, 1.82) is 0 Å². The minimum Gasteiger partial charge on any atom is -0.467 e. The van der Waals surface area contributed by atoms with E-state index in [4.69, 9.17) is 9.47 Å². The Morgan fingerprint density at radius 3 is 2.47 bits per heavy atom. The van der Waals surface area contributed by atoms with Gasteiger partial charge >= 0.3 is 5.97 Å². The van der Waals surface area contributed by atoms with Crippen LogP contribution in [-0.4, -0.2) is 49.7 Å². The van der Waals surface area contributed by atoms with Gasteiger partial charge in [0, 0.05) is 12.5 Å². The van der Waals surface area contributed by atoms with E-state index in [-0.39, 0.29) is 24.4 Å². The molecule has 2 rings (SSSR count). The Labute approximate surface area is 114 Å². The molecular formula is C14H23NO4. The fraction of sp³-hybridized carbons (Fsp3) is 0.857. The zero-order chi connectivity index (χ0) is 13.7. The van der Waals surface area contributed by atoms with Crippen LogP contribution in [0, 0.1) is 5.92 Å². The zero-order valence-electron chi connectivity index (χ0n) is 11.6. The van der Waals surface area contributed by atoms with Gasteiger partial charge in [0.1, 0.15) is 0 Å². The van der Waals surface area contributed by atoms with Crippen molar-refractivity contribution < 1.29 is 19.1 Å². The average molecular weight is 269 g/mol. The van der Waals surface area contributed by atoms with E-state index < -0.39 is 6.04 Å². The summed E-state index contributed by atoms with van der Waals surface area (Å²) in [6, 6.07) is -0.561. The maximum Gasteiger partial charge on any atom is 0.331 e. The molecule has 5 nitrogen and oxygen atoms in total. The molecule has 2 aliphatic rings. The second-order valence-electron chi connectivity index (χ2n) is 5.33. The summed E-state index contributed by atoms with van der Waals surface area (Å²) in [6.45, 7) is 1.26. The third kappa shape index (κ3) is 3.47. The standard InChI is InChI=1S/C14H23NO4/c1-18-14(17)12-10-19-9-8-15(12)13(16)11-6-4-2-3-5-7-11/h11-12H,2-10H2,1H3. The van der Waals surface area contributed by atoms with Crippen LogP contribution in [0.1, 0.15) is 38.5 Å². The van der Waals surface area contributed by atoms with Gasteiger partial charge < -0.3 is 14.4 Å². The SMILES string of the molecule is COC(=O)C1COCCN1C(=O)C1CCCCCC1. The Bertz CT molecular complexity index is 323. The van der Waals surface area contributed by atoms with E-state index >= 15 is 0 Å². The highest BCUT2D eigenvalue weighted by Crippen LogP contribution is 2.26. The highest BCUT2D eigenvalue weighted by molar-refractivity contribution is 5.86. The predicted octanol–water partition coefficient (Wildman–Crippen LogP) is 1.36. The maximum atomic E-state index is 12.6. The van der Waals surface area contributed by atoms with Crippen molar-refractivity contribution >= 4 is 11.9 Å². The number of esters is 1. The summed E-state index contributed by atoms with van der Waals surface area (Å²) in [4.78, 5) is 26.0. The lowest BCUT2D eigenvalue weighted by atomic mass is 9.97. The van der Waals surface area contributed by atoms with Crippen LogP contribution in [0.25, 0.3) is 0 Å². The first kappa shape index (κ1) is 14.3. The van der Waals surface area contributed by atoms with Crippen molar-refractivity contribution in [3.63, 3.8) is 0 Å². The van der Waals surface area contributed by atoms with E-state index in [9.17, 15) is 9.59 Å². The number of hydrogen-bond donors (Lipinski definition) is 0. The summed E-state index contributed by atoms with van der Waals surface area (Å²) in [5.74, 6) is -0.185. The van der Waals surface area contributed by atoms with Gasteiger partial charge in [-0.2, -0.15) is 0 Å². The number of rotatable bonds is 2. The molecule has 1 atom stereocenters. The first-order chi connectivity index (χ1) is 9.24. The van der Waals surface area contributed by atoms with Gasteiger partial charge in [-0.1, -0.05) is 25.7 Å². The van der Waals surface area contributed by atoms with Gasteiger partial charge in [0.15, 0.2) is 6.04 Å². The molecule has 0 radical (unpaired) electrons. The molecule has 1 aliphatic carbocycles. The van der Waals surface area contributed by atoms with E-state index in [1.54, 1.807) is 4.90 Å². The van der Waals surface area contributed by atoms with Gasteiger partial charge in [0.2, 0.25) is 5.91 Å². The molecule has 0 aromatic heterocycles. The van der Waals surface area contributed by atoms with E-state index in [1.165, 1.54) is 20.0 Å². The van der Waals surface area contributed by atoms with Gasteiger partial charge in [-0.15, -0.1) is 0 Å². The molecule has 1 heterocycles. The number of carbonyl (C=O) groups excluding carboxylic acids is 2. The molecule has 1 unspecified atom stereocenters. The molecule has 1 saturated carbocycles. The molecule has 0 N–H and O–H groups in total. The van der Waals surface area contributed by atoms with Crippen LogP contribution in [0.15, 0.2) is 0 Å². The summed E-state index contributed by atoms with van der Waals surface area (Å²) in [5, 5.41) is 0. The molecule has 1 saturated heterocycles. The Balaban J connectivity index is 2.03. The van der Waals surface area contributed by atoms with Gasteiger partial charge in [-0.25, -0.2) is 4.79 Å². The molecular weight excluding hydrogens is 246 g/mol. The highest BCUT2D eigenvalue weighted by Gasteiger charge is 2.36.